The van der Waals surface area contributed by atoms with Crippen molar-refractivity contribution in [2.75, 3.05) is 6.54 Å². The number of allylic oxidation sites excluding steroid dienone is 6. The van der Waals surface area contributed by atoms with E-state index in [0.29, 0.717) is 5.57 Å². The minimum atomic E-state index is 0.00783. The molecule has 21 heavy (non-hydrogen) atoms. The summed E-state index contributed by atoms with van der Waals surface area (Å²) >= 11 is 0. The molecule has 0 amide bonds. The van der Waals surface area contributed by atoms with Gasteiger partial charge in [-0.25, -0.2) is 0 Å². The van der Waals surface area contributed by atoms with Crippen LogP contribution in [0.15, 0.2) is 40.1 Å². The first-order valence-electron chi connectivity index (χ1n) is 7.40. The minimum absolute atomic E-state index is 0.00783. The van der Waals surface area contributed by atoms with Gasteiger partial charge in [-0.1, -0.05) is 0 Å². The Bertz CT molecular complexity index is 676. The molecule has 1 heterocycles. The van der Waals surface area contributed by atoms with Crippen LogP contribution in [0, 0.1) is 17.8 Å². The van der Waals surface area contributed by atoms with E-state index < -0.39 is 0 Å². The van der Waals surface area contributed by atoms with Crippen molar-refractivity contribution in [3.63, 3.8) is 0 Å². The standard InChI is InChI=1S/C18H20BNO/c1-4-5-15(13(3)19)17(11-21)16-10-14-8-9-20-18(14)7-6-12(16)2/h5,10,12,19-20H,4,8-9H2,1-3H3/b15-5-. The van der Waals surface area contributed by atoms with Crippen LogP contribution in [0.1, 0.15) is 33.6 Å². The van der Waals surface area contributed by atoms with Gasteiger partial charge in [-0.05, 0) is 0 Å². The van der Waals surface area contributed by atoms with Crippen molar-refractivity contribution >= 4 is 18.9 Å². The zero-order valence-electron chi connectivity index (χ0n) is 13.0. The van der Waals surface area contributed by atoms with E-state index in [9.17, 15) is 4.79 Å². The second kappa shape index (κ2) is 6.61. The zero-order valence-corrected chi connectivity index (χ0v) is 13.0. The molecule has 0 aromatic carbocycles. The Hall–Kier alpha value is -2.04. The molecule has 106 valence electrons. The summed E-state index contributed by atoms with van der Waals surface area (Å²) in [5, 5.41) is 3.30. The van der Waals surface area contributed by atoms with Gasteiger partial charge in [-0.15, -0.1) is 0 Å². The van der Waals surface area contributed by atoms with Gasteiger partial charge in [0.25, 0.3) is 0 Å². The second-order valence-corrected chi connectivity index (χ2v) is 5.45. The van der Waals surface area contributed by atoms with Crippen LogP contribution in [0.5, 0.6) is 0 Å². The molecule has 0 aromatic rings. The van der Waals surface area contributed by atoms with E-state index in [4.69, 9.17) is 0 Å². The van der Waals surface area contributed by atoms with Crippen molar-refractivity contribution < 1.29 is 4.79 Å². The molecule has 0 spiro atoms. The van der Waals surface area contributed by atoms with Crippen molar-refractivity contribution in [3.05, 3.63) is 40.1 Å². The average Bonchev–Trinajstić information content (AvgIpc) is 2.84. The van der Waals surface area contributed by atoms with Gasteiger partial charge in [0.05, 0.1) is 0 Å². The molecule has 3 heteroatoms. The topological polar surface area (TPSA) is 29.1 Å². The van der Waals surface area contributed by atoms with E-state index in [1.165, 1.54) is 5.57 Å². The van der Waals surface area contributed by atoms with E-state index >= 15 is 0 Å². The van der Waals surface area contributed by atoms with Crippen molar-refractivity contribution in [2.45, 2.75) is 33.6 Å². The molecule has 0 aromatic heterocycles. The van der Waals surface area contributed by atoms with E-state index in [-0.39, 0.29) is 5.92 Å². The van der Waals surface area contributed by atoms with Gasteiger partial charge in [0.2, 0.25) is 0 Å². The molecule has 0 saturated heterocycles. The molecule has 1 atom stereocenters. The summed E-state index contributed by atoms with van der Waals surface area (Å²) in [6, 6.07) is 0. The molecule has 1 aliphatic carbocycles. The van der Waals surface area contributed by atoms with Gasteiger partial charge in [0, 0.05) is 0 Å². The summed E-state index contributed by atoms with van der Waals surface area (Å²) in [6.07, 6.45) is 5.94. The van der Waals surface area contributed by atoms with Crippen LogP contribution >= 0.6 is 0 Å². The molecule has 2 nitrogen and oxygen atoms in total. The monoisotopic (exact) mass is 277 g/mol. The van der Waals surface area contributed by atoms with Crippen molar-refractivity contribution in [1.82, 2.24) is 5.32 Å². The third-order valence-corrected chi connectivity index (χ3v) is 3.76. The molecule has 0 radical (unpaired) electrons. The molecular weight excluding hydrogens is 257 g/mol. The number of carbonyl (C=O) groups excluding carboxylic acids is 1. The molecule has 0 saturated carbocycles. The first kappa shape index (κ1) is 15.4. The average molecular weight is 277 g/mol. The predicted octanol–water partition coefficient (Wildman–Crippen LogP) is 2.00. The maximum absolute atomic E-state index is 11.6. The van der Waals surface area contributed by atoms with Gasteiger partial charge < -0.3 is 0 Å². The summed E-state index contributed by atoms with van der Waals surface area (Å²) in [5.41, 5.74) is 5.52. The molecule has 1 aliphatic heterocycles. The number of nitrogens with one attached hydrogen (secondary N) is 1. The Kier molecular flexibility index (Phi) is 4.83. The fraction of sp³-hybridized carbons (Fsp3) is 0.389. The summed E-state index contributed by atoms with van der Waals surface area (Å²) < 4.78 is 0. The van der Waals surface area contributed by atoms with E-state index in [0.717, 1.165) is 41.7 Å². The maximum atomic E-state index is 11.6. The van der Waals surface area contributed by atoms with Crippen LogP contribution < -0.4 is 5.32 Å². The first-order chi connectivity index (χ1) is 10.1. The van der Waals surface area contributed by atoms with Crippen LogP contribution in [0.2, 0.25) is 0 Å². The normalized spacial score (nSPS) is 20.4. The molecular formula is C18H20BNO. The summed E-state index contributed by atoms with van der Waals surface area (Å²) in [4.78, 5) is 11.6. The summed E-state index contributed by atoms with van der Waals surface area (Å²) in [6.45, 7) is 6.92. The van der Waals surface area contributed by atoms with Crippen molar-refractivity contribution in [3.8, 4) is 11.8 Å². The molecule has 0 bridgehead atoms. The van der Waals surface area contributed by atoms with Crippen LogP contribution in [0.4, 0.5) is 0 Å². The SMILES string of the molecule is B=C(C)/C(=C/CC)C(=C=O)C1=CC2=C(C#CC1C)NCC2. The van der Waals surface area contributed by atoms with E-state index in [1.54, 1.807) is 0 Å². The zero-order chi connectivity index (χ0) is 15.4. The summed E-state index contributed by atoms with van der Waals surface area (Å²) in [7, 11) is 4.00. The van der Waals surface area contributed by atoms with Gasteiger partial charge >= 0.3 is 127 Å². The van der Waals surface area contributed by atoms with Crippen LogP contribution in [0.25, 0.3) is 0 Å². The second-order valence-electron chi connectivity index (χ2n) is 5.45. The third kappa shape index (κ3) is 3.18. The Balaban J connectivity index is 2.53. The number of hydrogen-bond acceptors (Lipinski definition) is 2. The molecule has 1 unspecified atom stereocenters. The Labute approximate surface area is 127 Å². The van der Waals surface area contributed by atoms with Crippen molar-refractivity contribution in [2.24, 2.45) is 5.92 Å². The van der Waals surface area contributed by atoms with Crippen LogP contribution in [-0.2, 0) is 4.79 Å². The fourth-order valence-electron chi connectivity index (χ4n) is 2.65. The van der Waals surface area contributed by atoms with Crippen LogP contribution in [0.3, 0.4) is 0 Å². The Morgan fingerprint density at radius 3 is 3.00 bits per heavy atom. The Morgan fingerprint density at radius 1 is 1.62 bits per heavy atom. The predicted molar refractivity (Wildman–Crippen MR) is 90.1 cm³/mol. The van der Waals surface area contributed by atoms with Gasteiger partial charge in [0.1, 0.15) is 0 Å². The number of hydrogen-bond donors (Lipinski definition) is 1. The first-order valence-corrected chi connectivity index (χ1v) is 7.40. The van der Waals surface area contributed by atoms with Gasteiger partial charge in [0.15, 0.2) is 0 Å². The van der Waals surface area contributed by atoms with E-state index in [1.807, 2.05) is 19.9 Å². The molecule has 2 aliphatic rings. The van der Waals surface area contributed by atoms with Crippen LogP contribution in [-0.4, -0.2) is 25.4 Å². The molecule has 2 rings (SSSR count). The third-order valence-electron chi connectivity index (χ3n) is 3.76. The van der Waals surface area contributed by atoms with Gasteiger partial charge in [-0.2, -0.15) is 0 Å². The molecule has 0 fully saturated rings. The van der Waals surface area contributed by atoms with E-state index in [2.05, 4.69) is 43.6 Å². The Morgan fingerprint density at radius 2 is 2.38 bits per heavy atom. The van der Waals surface area contributed by atoms with Gasteiger partial charge in [-0.3, -0.25) is 0 Å². The number of rotatable bonds is 4. The quantitative estimate of drug-likeness (QED) is 0.368. The summed E-state index contributed by atoms with van der Waals surface area (Å²) in [5.74, 6) is 8.55. The van der Waals surface area contributed by atoms with Crippen molar-refractivity contribution in [1.29, 1.82) is 0 Å². The molecule has 1 N–H and O–H groups in total. The fourth-order valence-corrected chi connectivity index (χ4v) is 2.65.